The molecule has 2 aromatic rings. The molecule has 0 fully saturated rings. The van der Waals surface area contributed by atoms with Crippen LogP contribution in [0.1, 0.15) is 5.56 Å². The summed E-state index contributed by atoms with van der Waals surface area (Å²) in [6.07, 6.45) is 0. The van der Waals surface area contributed by atoms with Crippen LogP contribution in [-0.4, -0.2) is 15.0 Å². The molecule has 2 aromatic carbocycles. The van der Waals surface area contributed by atoms with Gasteiger partial charge in [0.25, 0.3) is 0 Å². The van der Waals surface area contributed by atoms with Crippen molar-refractivity contribution in [3.63, 3.8) is 0 Å². The van der Waals surface area contributed by atoms with Crippen molar-refractivity contribution in [3.05, 3.63) is 66.0 Å². The maximum atomic E-state index is 12.6. The summed E-state index contributed by atoms with van der Waals surface area (Å²) in [7, 11) is 0. The fourth-order valence-electron chi connectivity index (χ4n) is 1.17. The zero-order valence-electron chi connectivity index (χ0n) is 8.48. The molecule has 16 heavy (non-hydrogen) atoms. The molecule has 0 nitrogen and oxygen atoms in total. The van der Waals surface area contributed by atoms with Crippen molar-refractivity contribution in [3.8, 4) is 10.7 Å². The van der Waals surface area contributed by atoms with Crippen LogP contribution in [0.2, 0.25) is 0 Å². The van der Waals surface area contributed by atoms with E-state index in [0.29, 0.717) is 0 Å². The Morgan fingerprint density at radius 3 is 2.25 bits per heavy atom. The fraction of sp³-hybridized carbons (Fsp3) is 0. The summed E-state index contributed by atoms with van der Waals surface area (Å²) in [5.74, 6) is 2.81. The Morgan fingerprint density at radius 2 is 1.56 bits per heavy atom. The summed E-state index contributed by atoms with van der Waals surface area (Å²) < 4.78 is 13.9. The Labute approximate surface area is 101 Å². The van der Waals surface area contributed by atoms with Gasteiger partial charge >= 0.3 is 101 Å². The van der Waals surface area contributed by atoms with Crippen LogP contribution in [-0.2, 0) is 0 Å². The third kappa shape index (κ3) is 3.24. The molecule has 0 aliphatic rings. The summed E-state index contributed by atoms with van der Waals surface area (Å²) in [5.41, 5.74) is 0.860. The predicted molar refractivity (Wildman–Crippen MR) is 65.1 cm³/mol. The molecule has 0 unspecified atom stereocenters. The van der Waals surface area contributed by atoms with Gasteiger partial charge in [-0.05, 0) is 0 Å². The SMILES string of the molecule is Fc1ccc(C#C[Se]c2ccccc2)cc1. The van der Waals surface area contributed by atoms with E-state index < -0.39 is 0 Å². The first-order valence-electron chi connectivity index (χ1n) is 4.83. The van der Waals surface area contributed by atoms with E-state index in [9.17, 15) is 4.39 Å². The third-order valence-corrected chi connectivity index (χ3v) is 3.45. The van der Waals surface area contributed by atoms with Crippen LogP contribution >= 0.6 is 0 Å². The number of hydrogen-bond donors (Lipinski definition) is 0. The van der Waals surface area contributed by atoms with Gasteiger partial charge in [0.2, 0.25) is 0 Å². The van der Waals surface area contributed by atoms with Crippen LogP contribution in [0, 0.1) is 16.6 Å². The van der Waals surface area contributed by atoms with Gasteiger partial charge in [0, 0.05) is 0 Å². The van der Waals surface area contributed by atoms with E-state index in [2.05, 4.69) is 22.9 Å². The molecule has 2 rings (SSSR count). The van der Waals surface area contributed by atoms with E-state index in [4.69, 9.17) is 0 Å². The van der Waals surface area contributed by atoms with Crippen molar-refractivity contribution in [2.75, 3.05) is 0 Å². The van der Waals surface area contributed by atoms with Gasteiger partial charge < -0.3 is 0 Å². The Kier molecular flexibility index (Phi) is 3.77. The van der Waals surface area contributed by atoms with Gasteiger partial charge in [-0.25, -0.2) is 0 Å². The second-order valence-electron chi connectivity index (χ2n) is 3.15. The van der Waals surface area contributed by atoms with Crippen molar-refractivity contribution in [1.82, 2.24) is 0 Å². The van der Waals surface area contributed by atoms with Crippen molar-refractivity contribution in [1.29, 1.82) is 0 Å². The van der Waals surface area contributed by atoms with E-state index in [-0.39, 0.29) is 20.8 Å². The molecule has 0 amide bonds. The first-order chi connectivity index (χ1) is 7.84. The summed E-state index contributed by atoms with van der Waals surface area (Å²) in [5, 5.41) is 0. The van der Waals surface area contributed by atoms with Gasteiger partial charge in [0.05, 0.1) is 0 Å². The Balaban J connectivity index is 2.03. The average molecular weight is 275 g/mol. The quantitative estimate of drug-likeness (QED) is 0.552. The van der Waals surface area contributed by atoms with Gasteiger partial charge in [-0.2, -0.15) is 0 Å². The third-order valence-electron chi connectivity index (χ3n) is 1.95. The minimum absolute atomic E-state index is 0.162. The van der Waals surface area contributed by atoms with E-state index in [1.165, 1.54) is 16.6 Å². The minimum atomic E-state index is -0.223. The molecule has 0 N–H and O–H groups in total. The normalized spacial score (nSPS) is 9.31. The molecule has 0 bridgehead atoms. The summed E-state index contributed by atoms with van der Waals surface area (Å²) in [6.45, 7) is 0. The van der Waals surface area contributed by atoms with Crippen molar-refractivity contribution in [2.24, 2.45) is 0 Å². The van der Waals surface area contributed by atoms with E-state index in [1.54, 1.807) is 12.1 Å². The summed E-state index contributed by atoms with van der Waals surface area (Å²) in [6, 6.07) is 16.4. The number of hydrogen-bond acceptors (Lipinski definition) is 0. The fourth-order valence-corrected chi connectivity index (χ4v) is 2.38. The van der Waals surface area contributed by atoms with Crippen LogP contribution in [0.25, 0.3) is 0 Å². The van der Waals surface area contributed by atoms with Crippen molar-refractivity contribution < 1.29 is 4.39 Å². The van der Waals surface area contributed by atoms with Crippen molar-refractivity contribution in [2.45, 2.75) is 0 Å². The van der Waals surface area contributed by atoms with Gasteiger partial charge in [-0.3, -0.25) is 0 Å². The second kappa shape index (κ2) is 5.51. The first kappa shape index (κ1) is 11.0. The molecule has 0 spiro atoms. The average Bonchev–Trinajstić information content (AvgIpc) is 2.33. The number of rotatable bonds is 1. The molecule has 0 saturated carbocycles. The van der Waals surface area contributed by atoms with Crippen molar-refractivity contribution >= 4 is 19.4 Å². The van der Waals surface area contributed by atoms with Gasteiger partial charge in [-0.1, -0.05) is 0 Å². The van der Waals surface area contributed by atoms with Crippen LogP contribution < -0.4 is 4.46 Å². The molecule has 0 atom stereocenters. The van der Waals surface area contributed by atoms with E-state index >= 15 is 0 Å². The van der Waals surface area contributed by atoms with Crippen LogP contribution in [0.3, 0.4) is 0 Å². The second-order valence-corrected chi connectivity index (χ2v) is 4.99. The summed E-state index contributed by atoms with van der Waals surface area (Å²) >= 11 is 0.162. The Bertz CT molecular complexity index is 506. The van der Waals surface area contributed by atoms with E-state index in [0.717, 1.165) is 5.56 Å². The first-order valence-corrected chi connectivity index (χ1v) is 6.54. The molecule has 0 aliphatic carbocycles. The molecular formula is C14H9FSe. The molecule has 0 aliphatic heterocycles. The maximum absolute atomic E-state index is 12.6. The molecule has 0 radical (unpaired) electrons. The monoisotopic (exact) mass is 276 g/mol. The van der Waals surface area contributed by atoms with Crippen LogP contribution in [0.15, 0.2) is 54.6 Å². The summed E-state index contributed by atoms with van der Waals surface area (Å²) in [4.78, 5) is 3.13. The molecule has 78 valence electrons. The zero-order chi connectivity index (χ0) is 11.2. The topological polar surface area (TPSA) is 0 Å². The molecule has 0 saturated heterocycles. The van der Waals surface area contributed by atoms with Gasteiger partial charge in [0.1, 0.15) is 0 Å². The Hall–Kier alpha value is -1.55. The van der Waals surface area contributed by atoms with E-state index in [1.807, 2.05) is 18.2 Å². The number of benzene rings is 2. The molecular weight excluding hydrogens is 266 g/mol. The van der Waals surface area contributed by atoms with Crippen LogP contribution in [0.5, 0.6) is 0 Å². The standard InChI is InChI=1S/C14H9FSe/c15-13-8-6-12(7-9-13)10-11-16-14-4-2-1-3-5-14/h1-9H. The molecule has 2 heteroatoms. The molecule has 0 aromatic heterocycles. The predicted octanol–water partition coefficient (Wildman–Crippen LogP) is 2.16. The zero-order valence-corrected chi connectivity index (χ0v) is 10.2. The van der Waals surface area contributed by atoms with Gasteiger partial charge in [0.15, 0.2) is 0 Å². The Morgan fingerprint density at radius 1 is 0.875 bits per heavy atom. The van der Waals surface area contributed by atoms with Crippen LogP contribution in [0.4, 0.5) is 4.39 Å². The van der Waals surface area contributed by atoms with Gasteiger partial charge in [-0.15, -0.1) is 0 Å². The molecule has 0 heterocycles. The number of halogens is 1.